The summed E-state index contributed by atoms with van der Waals surface area (Å²) in [6, 6.07) is 6.33. The Morgan fingerprint density at radius 2 is 2.18 bits per heavy atom. The number of halogens is 1. The van der Waals surface area contributed by atoms with Gasteiger partial charge in [0.05, 0.1) is 5.69 Å². The Morgan fingerprint density at radius 1 is 1.29 bits per heavy atom. The van der Waals surface area contributed by atoms with Gasteiger partial charge in [-0.1, -0.05) is 6.07 Å². The van der Waals surface area contributed by atoms with E-state index in [1.165, 1.54) is 19.4 Å². The molecule has 3 rings (SSSR count). The lowest BCUT2D eigenvalue weighted by atomic mass is 10.1. The summed E-state index contributed by atoms with van der Waals surface area (Å²) < 4.78 is 13.7. The van der Waals surface area contributed by atoms with Crippen LogP contribution < -0.4 is 5.32 Å². The van der Waals surface area contributed by atoms with Crippen molar-refractivity contribution in [2.24, 2.45) is 0 Å². The molecule has 2 aliphatic heterocycles. The molecule has 0 aliphatic carbocycles. The number of anilines is 1. The van der Waals surface area contributed by atoms with E-state index in [0.717, 1.165) is 18.5 Å². The summed E-state index contributed by atoms with van der Waals surface area (Å²) in [4.78, 5) is 2.53. The van der Waals surface area contributed by atoms with Gasteiger partial charge in [0, 0.05) is 18.6 Å². The van der Waals surface area contributed by atoms with Gasteiger partial charge in [0.25, 0.3) is 0 Å². The molecule has 2 fully saturated rings. The van der Waals surface area contributed by atoms with Crippen molar-refractivity contribution in [3.63, 3.8) is 0 Å². The van der Waals surface area contributed by atoms with Gasteiger partial charge in [-0.25, -0.2) is 4.39 Å². The predicted molar refractivity (Wildman–Crippen MR) is 67.8 cm³/mol. The lowest BCUT2D eigenvalue weighted by Crippen LogP contribution is -2.34. The lowest BCUT2D eigenvalue weighted by molar-refractivity contribution is 0.318. The first-order chi connectivity index (χ1) is 8.24. The standard InChI is InChI=1S/C14H19FN2/c1-10-4-5-11(15)13(9-10)16-12-6-8-17-7-2-3-14(12)17/h4-5,9,12,14,16H,2-3,6-8H2,1H3. The topological polar surface area (TPSA) is 15.3 Å². The number of fused-ring (bicyclic) bond motifs is 1. The highest BCUT2D eigenvalue weighted by Gasteiger charge is 2.37. The Kier molecular flexibility index (Phi) is 2.79. The highest BCUT2D eigenvalue weighted by molar-refractivity contribution is 5.48. The average molecular weight is 234 g/mol. The largest absolute Gasteiger partial charge is 0.378 e. The zero-order valence-corrected chi connectivity index (χ0v) is 10.2. The summed E-state index contributed by atoms with van der Waals surface area (Å²) in [5.41, 5.74) is 1.78. The highest BCUT2D eigenvalue weighted by atomic mass is 19.1. The van der Waals surface area contributed by atoms with Crippen LogP contribution in [0.15, 0.2) is 18.2 Å². The van der Waals surface area contributed by atoms with Crippen LogP contribution in [0.4, 0.5) is 10.1 Å². The SMILES string of the molecule is Cc1ccc(F)c(NC2CCN3CCCC23)c1. The molecule has 2 unspecified atom stereocenters. The Balaban J connectivity index is 1.76. The summed E-state index contributed by atoms with van der Waals surface area (Å²) in [6.45, 7) is 4.38. The third-order valence-electron chi connectivity index (χ3n) is 4.07. The zero-order valence-electron chi connectivity index (χ0n) is 10.2. The molecule has 2 nitrogen and oxygen atoms in total. The fraction of sp³-hybridized carbons (Fsp3) is 0.571. The van der Waals surface area contributed by atoms with Gasteiger partial charge in [-0.3, -0.25) is 4.90 Å². The highest BCUT2D eigenvalue weighted by Crippen LogP contribution is 2.30. The average Bonchev–Trinajstić information content (AvgIpc) is 2.88. The molecule has 1 N–H and O–H groups in total. The minimum Gasteiger partial charge on any atom is -0.378 e. The van der Waals surface area contributed by atoms with Crippen molar-refractivity contribution in [3.8, 4) is 0 Å². The molecule has 0 amide bonds. The summed E-state index contributed by atoms with van der Waals surface area (Å²) >= 11 is 0. The van der Waals surface area contributed by atoms with Crippen LogP contribution in [0.2, 0.25) is 0 Å². The second-order valence-electron chi connectivity index (χ2n) is 5.27. The van der Waals surface area contributed by atoms with Crippen LogP contribution in [0.25, 0.3) is 0 Å². The fourth-order valence-corrected chi connectivity index (χ4v) is 3.20. The number of benzene rings is 1. The zero-order chi connectivity index (χ0) is 11.8. The van der Waals surface area contributed by atoms with E-state index in [1.807, 2.05) is 19.1 Å². The molecule has 0 radical (unpaired) electrons. The van der Waals surface area contributed by atoms with Gasteiger partial charge in [-0.15, -0.1) is 0 Å². The summed E-state index contributed by atoms with van der Waals surface area (Å²) in [5.74, 6) is -0.132. The molecule has 1 aromatic carbocycles. The van der Waals surface area contributed by atoms with E-state index in [-0.39, 0.29) is 5.82 Å². The van der Waals surface area contributed by atoms with Crippen molar-refractivity contribution in [3.05, 3.63) is 29.6 Å². The Hall–Kier alpha value is -1.09. The second kappa shape index (κ2) is 4.30. The summed E-state index contributed by atoms with van der Waals surface area (Å²) in [5, 5.41) is 3.40. The van der Waals surface area contributed by atoms with Crippen LogP contribution in [0.5, 0.6) is 0 Å². The van der Waals surface area contributed by atoms with Crippen LogP contribution in [0.3, 0.4) is 0 Å². The molecule has 2 saturated heterocycles. The second-order valence-corrected chi connectivity index (χ2v) is 5.27. The van der Waals surface area contributed by atoms with Gasteiger partial charge < -0.3 is 5.32 Å². The molecule has 2 atom stereocenters. The number of aryl methyl sites for hydroxylation is 1. The number of nitrogens with zero attached hydrogens (tertiary/aromatic N) is 1. The summed E-state index contributed by atoms with van der Waals surface area (Å²) in [7, 11) is 0. The lowest BCUT2D eigenvalue weighted by Gasteiger charge is -2.22. The maximum absolute atomic E-state index is 13.7. The van der Waals surface area contributed by atoms with E-state index in [1.54, 1.807) is 6.07 Å². The van der Waals surface area contributed by atoms with E-state index in [9.17, 15) is 4.39 Å². The van der Waals surface area contributed by atoms with E-state index >= 15 is 0 Å². The monoisotopic (exact) mass is 234 g/mol. The number of nitrogens with one attached hydrogen (secondary N) is 1. The van der Waals surface area contributed by atoms with Gasteiger partial charge in [0.1, 0.15) is 5.82 Å². The minimum absolute atomic E-state index is 0.132. The van der Waals surface area contributed by atoms with Crippen molar-refractivity contribution in [2.75, 3.05) is 18.4 Å². The molecular formula is C14H19FN2. The van der Waals surface area contributed by atoms with Crippen molar-refractivity contribution < 1.29 is 4.39 Å². The Morgan fingerprint density at radius 3 is 3.06 bits per heavy atom. The van der Waals surface area contributed by atoms with Crippen LogP contribution in [0.1, 0.15) is 24.8 Å². The van der Waals surface area contributed by atoms with Gasteiger partial charge in [0.15, 0.2) is 0 Å². The predicted octanol–water partition coefficient (Wildman–Crippen LogP) is 2.78. The van der Waals surface area contributed by atoms with E-state index < -0.39 is 0 Å². The Bertz CT molecular complexity index is 419. The minimum atomic E-state index is -0.132. The smallest absolute Gasteiger partial charge is 0.146 e. The van der Waals surface area contributed by atoms with Crippen molar-refractivity contribution in [2.45, 2.75) is 38.3 Å². The number of rotatable bonds is 2. The maximum Gasteiger partial charge on any atom is 0.146 e. The molecule has 0 aromatic heterocycles. The molecule has 2 aliphatic rings. The van der Waals surface area contributed by atoms with Crippen LogP contribution in [-0.2, 0) is 0 Å². The third kappa shape index (κ3) is 2.04. The van der Waals surface area contributed by atoms with Gasteiger partial charge in [-0.05, 0) is 50.4 Å². The molecule has 0 bridgehead atoms. The quantitative estimate of drug-likeness (QED) is 0.846. The van der Waals surface area contributed by atoms with Crippen molar-refractivity contribution >= 4 is 5.69 Å². The van der Waals surface area contributed by atoms with Gasteiger partial charge >= 0.3 is 0 Å². The first-order valence-corrected chi connectivity index (χ1v) is 6.51. The first-order valence-electron chi connectivity index (χ1n) is 6.51. The molecule has 2 heterocycles. The molecule has 0 spiro atoms. The van der Waals surface area contributed by atoms with Gasteiger partial charge in [0.2, 0.25) is 0 Å². The molecular weight excluding hydrogens is 215 g/mol. The van der Waals surface area contributed by atoms with E-state index in [0.29, 0.717) is 17.8 Å². The molecule has 92 valence electrons. The molecule has 1 aromatic rings. The Labute approximate surface area is 102 Å². The first kappa shape index (κ1) is 11.0. The maximum atomic E-state index is 13.7. The number of hydrogen-bond donors (Lipinski definition) is 1. The molecule has 0 saturated carbocycles. The van der Waals surface area contributed by atoms with Crippen molar-refractivity contribution in [1.82, 2.24) is 4.90 Å². The van der Waals surface area contributed by atoms with Crippen LogP contribution in [0, 0.1) is 12.7 Å². The van der Waals surface area contributed by atoms with E-state index in [4.69, 9.17) is 0 Å². The summed E-state index contributed by atoms with van der Waals surface area (Å²) in [6.07, 6.45) is 3.68. The van der Waals surface area contributed by atoms with Crippen LogP contribution >= 0.6 is 0 Å². The fourth-order valence-electron chi connectivity index (χ4n) is 3.20. The third-order valence-corrected chi connectivity index (χ3v) is 4.07. The normalized spacial score (nSPS) is 28.4. The molecule has 3 heteroatoms. The number of hydrogen-bond acceptors (Lipinski definition) is 2. The van der Waals surface area contributed by atoms with E-state index in [2.05, 4.69) is 10.2 Å². The molecule has 17 heavy (non-hydrogen) atoms. The van der Waals surface area contributed by atoms with Crippen molar-refractivity contribution in [1.29, 1.82) is 0 Å². The van der Waals surface area contributed by atoms with Crippen LogP contribution in [-0.4, -0.2) is 30.1 Å². The van der Waals surface area contributed by atoms with Gasteiger partial charge in [-0.2, -0.15) is 0 Å².